The van der Waals surface area contributed by atoms with Gasteiger partial charge in [0.2, 0.25) is 5.88 Å². The number of aliphatic imine (C=N–C) groups is 1. The van der Waals surface area contributed by atoms with Crippen molar-refractivity contribution >= 4 is 5.96 Å². The maximum Gasteiger partial charge on any atom is 0.213 e. The van der Waals surface area contributed by atoms with Crippen LogP contribution in [0.25, 0.3) is 0 Å². The topological polar surface area (TPSA) is 61.8 Å². The Bertz CT molecular complexity index is 621. The smallest absolute Gasteiger partial charge is 0.213 e. The summed E-state index contributed by atoms with van der Waals surface area (Å²) in [5.74, 6) is 2.28. The zero-order chi connectivity index (χ0) is 19.1. The number of hydrogen-bond donors (Lipinski definition) is 2. The van der Waals surface area contributed by atoms with Crippen molar-refractivity contribution in [1.82, 2.24) is 20.5 Å². The molecule has 2 heterocycles. The van der Waals surface area contributed by atoms with Crippen molar-refractivity contribution in [3.63, 3.8) is 0 Å². The Labute approximate surface area is 163 Å². The summed E-state index contributed by atoms with van der Waals surface area (Å²) in [5, 5.41) is 6.89. The van der Waals surface area contributed by atoms with Crippen LogP contribution in [0.5, 0.6) is 5.88 Å². The minimum absolute atomic E-state index is 0.124. The maximum atomic E-state index is 5.77. The summed E-state index contributed by atoms with van der Waals surface area (Å²) in [6.07, 6.45) is 8.37. The van der Waals surface area contributed by atoms with Gasteiger partial charge >= 0.3 is 0 Å². The first kappa shape index (κ1) is 19.9. The van der Waals surface area contributed by atoms with E-state index in [0.717, 1.165) is 36.5 Å². The van der Waals surface area contributed by atoms with Crippen LogP contribution >= 0.6 is 0 Å². The molecule has 27 heavy (non-hydrogen) atoms. The fourth-order valence-corrected chi connectivity index (χ4v) is 3.44. The number of likely N-dealkylation sites (tertiary alicyclic amines) is 1. The van der Waals surface area contributed by atoms with Crippen LogP contribution in [0, 0.1) is 5.92 Å². The van der Waals surface area contributed by atoms with Gasteiger partial charge in [0, 0.05) is 37.9 Å². The third-order valence-electron chi connectivity index (χ3n) is 5.55. The molecule has 1 aromatic rings. The molecule has 0 atom stereocenters. The third kappa shape index (κ3) is 6.38. The van der Waals surface area contributed by atoms with Gasteiger partial charge in [0.05, 0.1) is 6.61 Å². The summed E-state index contributed by atoms with van der Waals surface area (Å²) in [6, 6.07) is 4.03. The minimum Gasteiger partial charge on any atom is -0.477 e. The molecule has 1 aliphatic carbocycles. The van der Waals surface area contributed by atoms with E-state index in [-0.39, 0.29) is 5.54 Å². The van der Waals surface area contributed by atoms with E-state index in [9.17, 15) is 0 Å². The van der Waals surface area contributed by atoms with Crippen molar-refractivity contribution in [3.8, 4) is 5.88 Å². The molecule has 1 aromatic heterocycles. The molecular formula is C21H35N5O. The molecule has 0 amide bonds. The van der Waals surface area contributed by atoms with E-state index in [1.165, 1.54) is 45.2 Å². The molecule has 0 radical (unpaired) electrons. The molecule has 0 unspecified atom stereocenters. The van der Waals surface area contributed by atoms with Crippen molar-refractivity contribution in [2.24, 2.45) is 10.9 Å². The number of aromatic nitrogens is 1. The van der Waals surface area contributed by atoms with Crippen molar-refractivity contribution in [2.75, 3.05) is 33.3 Å². The first-order valence-electron chi connectivity index (χ1n) is 10.3. The maximum absolute atomic E-state index is 5.77. The summed E-state index contributed by atoms with van der Waals surface area (Å²) in [6.45, 7) is 9.38. The van der Waals surface area contributed by atoms with Crippen LogP contribution in [0.3, 0.4) is 0 Å². The second-order valence-electron chi connectivity index (χ2n) is 8.40. The molecule has 2 fully saturated rings. The highest BCUT2D eigenvalue weighted by molar-refractivity contribution is 5.79. The molecule has 6 heteroatoms. The summed E-state index contributed by atoms with van der Waals surface area (Å²) in [7, 11) is 1.82. The van der Waals surface area contributed by atoms with Gasteiger partial charge in [-0.1, -0.05) is 6.42 Å². The van der Waals surface area contributed by atoms with E-state index in [4.69, 9.17) is 4.74 Å². The Balaban J connectivity index is 1.45. The summed E-state index contributed by atoms with van der Waals surface area (Å²) in [4.78, 5) is 11.3. The van der Waals surface area contributed by atoms with E-state index in [0.29, 0.717) is 6.54 Å². The molecule has 0 spiro atoms. The predicted molar refractivity (Wildman–Crippen MR) is 110 cm³/mol. The van der Waals surface area contributed by atoms with Gasteiger partial charge in [-0.05, 0) is 70.2 Å². The largest absolute Gasteiger partial charge is 0.477 e. The van der Waals surface area contributed by atoms with Gasteiger partial charge in [-0.2, -0.15) is 0 Å². The lowest BCUT2D eigenvalue weighted by Gasteiger charge is -2.41. The fraction of sp³-hybridized carbons (Fsp3) is 0.714. The van der Waals surface area contributed by atoms with E-state index in [1.807, 2.05) is 25.4 Å². The van der Waals surface area contributed by atoms with Crippen LogP contribution in [0.1, 0.15) is 51.5 Å². The molecule has 1 aliphatic heterocycles. The van der Waals surface area contributed by atoms with Gasteiger partial charge in [-0.3, -0.25) is 9.89 Å². The van der Waals surface area contributed by atoms with Gasteiger partial charge in [-0.15, -0.1) is 0 Å². The van der Waals surface area contributed by atoms with Gasteiger partial charge in [0.25, 0.3) is 0 Å². The van der Waals surface area contributed by atoms with Crippen LogP contribution in [0.2, 0.25) is 0 Å². The van der Waals surface area contributed by atoms with E-state index >= 15 is 0 Å². The molecule has 2 aliphatic rings. The number of nitrogens with one attached hydrogen (secondary N) is 2. The molecule has 150 valence electrons. The molecular weight excluding hydrogens is 338 g/mol. The van der Waals surface area contributed by atoms with E-state index < -0.39 is 0 Å². The molecule has 0 aromatic carbocycles. The highest BCUT2D eigenvalue weighted by atomic mass is 16.5. The number of ether oxygens (including phenoxy) is 1. The van der Waals surface area contributed by atoms with Crippen molar-refractivity contribution < 1.29 is 4.74 Å². The number of hydrogen-bond acceptors (Lipinski definition) is 4. The Kier molecular flexibility index (Phi) is 6.94. The second-order valence-corrected chi connectivity index (χ2v) is 8.40. The predicted octanol–water partition coefficient (Wildman–Crippen LogP) is 2.80. The van der Waals surface area contributed by atoms with Gasteiger partial charge in [-0.25, -0.2) is 4.98 Å². The van der Waals surface area contributed by atoms with Crippen LogP contribution in [0.15, 0.2) is 23.3 Å². The molecule has 2 N–H and O–H groups in total. The van der Waals surface area contributed by atoms with Crippen molar-refractivity contribution in [2.45, 2.75) is 58.0 Å². The molecule has 0 bridgehead atoms. The number of guanidine groups is 1. The first-order chi connectivity index (χ1) is 13.1. The molecule has 3 rings (SSSR count). The van der Waals surface area contributed by atoms with Crippen LogP contribution in [-0.2, 0) is 6.54 Å². The van der Waals surface area contributed by atoms with Gasteiger partial charge in [0.1, 0.15) is 0 Å². The normalized spacial score (nSPS) is 19.0. The molecule has 1 saturated heterocycles. The van der Waals surface area contributed by atoms with Crippen LogP contribution in [-0.4, -0.2) is 54.7 Å². The highest BCUT2D eigenvalue weighted by Crippen LogP contribution is 2.29. The summed E-state index contributed by atoms with van der Waals surface area (Å²) < 4.78 is 5.77. The number of piperidine rings is 1. The Morgan fingerprint density at radius 2 is 2.04 bits per heavy atom. The second kappa shape index (κ2) is 9.40. The Morgan fingerprint density at radius 1 is 1.26 bits per heavy atom. The number of rotatable bonds is 8. The fourth-order valence-electron chi connectivity index (χ4n) is 3.44. The third-order valence-corrected chi connectivity index (χ3v) is 5.55. The Hall–Kier alpha value is -1.82. The Morgan fingerprint density at radius 3 is 2.74 bits per heavy atom. The van der Waals surface area contributed by atoms with Crippen molar-refractivity contribution in [1.29, 1.82) is 0 Å². The van der Waals surface area contributed by atoms with Gasteiger partial charge < -0.3 is 15.4 Å². The lowest BCUT2D eigenvalue weighted by molar-refractivity contribution is 0.0982. The average Bonchev–Trinajstić information content (AvgIpc) is 3.52. The quantitative estimate of drug-likeness (QED) is 0.542. The number of nitrogens with zero attached hydrogens (tertiary/aromatic N) is 3. The zero-order valence-electron chi connectivity index (χ0n) is 17.1. The van der Waals surface area contributed by atoms with E-state index in [1.54, 1.807) is 0 Å². The zero-order valence-corrected chi connectivity index (χ0v) is 17.1. The summed E-state index contributed by atoms with van der Waals surface area (Å²) in [5.41, 5.74) is 1.27. The highest BCUT2D eigenvalue weighted by Gasteiger charge is 2.27. The standard InChI is InChI=1S/C21H35N5O/c1-21(2,26-11-5-4-6-12-26)16-25-20(22-3)24-14-18-9-10-23-19(13-18)27-15-17-7-8-17/h9-10,13,17H,4-8,11-12,14-16H2,1-3H3,(H2,22,24,25). The number of pyridine rings is 1. The monoisotopic (exact) mass is 373 g/mol. The van der Waals surface area contributed by atoms with Crippen LogP contribution < -0.4 is 15.4 Å². The van der Waals surface area contributed by atoms with Gasteiger partial charge in [0.15, 0.2) is 5.96 Å². The van der Waals surface area contributed by atoms with Crippen LogP contribution in [0.4, 0.5) is 0 Å². The SMILES string of the molecule is CN=C(NCc1ccnc(OCC2CC2)c1)NCC(C)(C)N1CCCCC1. The molecule has 6 nitrogen and oxygen atoms in total. The molecule has 1 saturated carbocycles. The summed E-state index contributed by atoms with van der Waals surface area (Å²) >= 11 is 0. The lowest BCUT2D eigenvalue weighted by atomic mass is 9.98. The van der Waals surface area contributed by atoms with Crippen molar-refractivity contribution in [3.05, 3.63) is 23.9 Å². The minimum atomic E-state index is 0.124. The lowest BCUT2D eigenvalue weighted by Crippen LogP contribution is -2.54. The first-order valence-corrected chi connectivity index (χ1v) is 10.3. The average molecular weight is 374 g/mol. The van der Waals surface area contributed by atoms with E-state index in [2.05, 4.69) is 39.4 Å².